The number of hydrogen-bond acceptors (Lipinski definition) is 2. The molecule has 4 rings (SSSR count). The largest absolute Gasteiger partial charge is 0.344 e. The summed E-state index contributed by atoms with van der Waals surface area (Å²) in [5.74, 6) is 1.11. The van der Waals surface area contributed by atoms with Gasteiger partial charge in [-0.2, -0.15) is 5.10 Å². The second-order valence-corrected chi connectivity index (χ2v) is 6.74. The van der Waals surface area contributed by atoms with E-state index < -0.39 is 0 Å². The molecule has 0 saturated carbocycles. The smallest absolute Gasteiger partial charge is 0.132 e. The van der Waals surface area contributed by atoms with Gasteiger partial charge in [0.05, 0.1) is 5.69 Å². The lowest BCUT2D eigenvalue weighted by Gasteiger charge is -2.36. The van der Waals surface area contributed by atoms with Gasteiger partial charge in [0.15, 0.2) is 0 Å². The van der Waals surface area contributed by atoms with Gasteiger partial charge in [-0.15, -0.1) is 0 Å². The second-order valence-electron chi connectivity index (χ2n) is 6.74. The zero-order chi connectivity index (χ0) is 16.9. The van der Waals surface area contributed by atoms with Gasteiger partial charge in [-0.1, -0.05) is 55.5 Å². The molecule has 2 aromatic carbocycles. The van der Waals surface area contributed by atoms with E-state index in [-0.39, 0.29) is 5.41 Å². The molecule has 2 heterocycles. The number of aryl methyl sites for hydroxylation is 2. The van der Waals surface area contributed by atoms with E-state index in [1.165, 1.54) is 27.6 Å². The van der Waals surface area contributed by atoms with E-state index in [0.717, 1.165) is 17.9 Å². The summed E-state index contributed by atoms with van der Waals surface area (Å²) >= 11 is 0. The lowest BCUT2D eigenvalue weighted by atomic mass is 9.69. The Morgan fingerprint density at radius 1 is 1.08 bits per heavy atom. The van der Waals surface area contributed by atoms with Crippen molar-refractivity contribution in [2.45, 2.75) is 32.6 Å². The fourth-order valence-electron chi connectivity index (χ4n) is 4.30. The number of fused-ring (bicyclic) bond motifs is 2. The molecular weight excluding hydrogens is 294 g/mol. The molecule has 122 valence electrons. The van der Waals surface area contributed by atoms with Gasteiger partial charge in [-0.25, -0.2) is 0 Å². The van der Waals surface area contributed by atoms with Crippen LogP contribution in [0.3, 0.4) is 0 Å². The first kappa shape index (κ1) is 15.0. The Hall–Kier alpha value is -2.55. The highest BCUT2D eigenvalue weighted by Crippen LogP contribution is 2.47. The van der Waals surface area contributed by atoms with Crippen molar-refractivity contribution in [1.82, 2.24) is 9.78 Å². The van der Waals surface area contributed by atoms with Gasteiger partial charge in [0, 0.05) is 23.7 Å². The third kappa shape index (κ3) is 1.94. The summed E-state index contributed by atoms with van der Waals surface area (Å²) in [6.45, 7) is 6.53. The molecule has 3 nitrogen and oxygen atoms in total. The molecular formula is C21H23N3. The highest BCUT2D eigenvalue weighted by Gasteiger charge is 2.40. The van der Waals surface area contributed by atoms with Gasteiger partial charge in [0.25, 0.3) is 0 Å². The van der Waals surface area contributed by atoms with E-state index in [2.05, 4.69) is 74.6 Å². The Balaban J connectivity index is 2.12. The summed E-state index contributed by atoms with van der Waals surface area (Å²) in [4.78, 5) is 0. The van der Waals surface area contributed by atoms with Crippen LogP contribution in [0.25, 0.3) is 10.8 Å². The highest BCUT2D eigenvalue weighted by molar-refractivity contribution is 5.88. The van der Waals surface area contributed by atoms with E-state index >= 15 is 0 Å². The number of allylic oxidation sites excluding steroid dienone is 2. The first-order valence-electron chi connectivity index (χ1n) is 8.55. The summed E-state index contributed by atoms with van der Waals surface area (Å²) in [6, 6.07) is 15.3. The van der Waals surface area contributed by atoms with Crippen molar-refractivity contribution in [2.24, 2.45) is 7.05 Å². The average molecular weight is 317 g/mol. The van der Waals surface area contributed by atoms with Crippen LogP contribution in [0.2, 0.25) is 0 Å². The quantitative estimate of drug-likeness (QED) is 0.728. The van der Waals surface area contributed by atoms with Gasteiger partial charge in [-0.05, 0) is 36.6 Å². The van der Waals surface area contributed by atoms with E-state index in [1.807, 2.05) is 11.7 Å². The zero-order valence-corrected chi connectivity index (χ0v) is 14.7. The summed E-state index contributed by atoms with van der Waals surface area (Å²) in [7, 11) is 2.01. The van der Waals surface area contributed by atoms with Crippen LogP contribution in [-0.2, 0) is 12.5 Å². The number of anilines is 1. The van der Waals surface area contributed by atoms with E-state index in [9.17, 15) is 0 Å². The molecule has 1 aliphatic rings. The Morgan fingerprint density at radius 3 is 2.62 bits per heavy atom. The second kappa shape index (κ2) is 5.23. The van der Waals surface area contributed by atoms with Crippen molar-refractivity contribution in [3.8, 4) is 0 Å². The zero-order valence-electron chi connectivity index (χ0n) is 14.7. The number of nitrogens with zero attached hydrogens (tertiary/aromatic N) is 2. The summed E-state index contributed by atoms with van der Waals surface area (Å²) < 4.78 is 1.97. The van der Waals surface area contributed by atoms with Crippen molar-refractivity contribution in [3.63, 3.8) is 0 Å². The molecule has 0 amide bonds. The first-order chi connectivity index (χ1) is 11.6. The normalized spacial score (nSPS) is 19.8. The summed E-state index contributed by atoms with van der Waals surface area (Å²) in [6.07, 6.45) is 3.38. The number of benzene rings is 2. The fourth-order valence-corrected chi connectivity index (χ4v) is 4.30. The molecule has 3 heteroatoms. The molecule has 24 heavy (non-hydrogen) atoms. The van der Waals surface area contributed by atoms with Gasteiger partial charge < -0.3 is 5.32 Å². The van der Waals surface area contributed by atoms with Crippen molar-refractivity contribution >= 4 is 16.6 Å². The molecule has 1 atom stereocenters. The Bertz CT molecular complexity index is 959. The number of rotatable bonds is 2. The van der Waals surface area contributed by atoms with Crippen molar-refractivity contribution in [3.05, 3.63) is 71.1 Å². The van der Waals surface area contributed by atoms with E-state index in [1.54, 1.807) is 0 Å². The van der Waals surface area contributed by atoms with E-state index in [4.69, 9.17) is 5.10 Å². The molecule has 1 unspecified atom stereocenters. The molecule has 1 aromatic heterocycles. The molecule has 1 aliphatic heterocycles. The molecule has 0 bridgehead atoms. The topological polar surface area (TPSA) is 29.9 Å². The minimum absolute atomic E-state index is 0.149. The molecule has 0 saturated heterocycles. The van der Waals surface area contributed by atoms with Crippen molar-refractivity contribution < 1.29 is 0 Å². The SMILES string of the molecule is CCC1(c2cccc3ccccc23)C=C(C)Nc2c1c(C)nn2C. The summed E-state index contributed by atoms with van der Waals surface area (Å²) in [5.41, 5.74) is 4.79. The maximum atomic E-state index is 4.70. The van der Waals surface area contributed by atoms with Crippen LogP contribution in [0.4, 0.5) is 5.82 Å². The number of hydrogen-bond donors (Lipinski definition) is 1. The molecule has 1 N–H and O–H groups in total. The van der Waals surface area contributed by atoms with Gasteiger partial charge in [0.1, 0.15) is 5.82 Å². The number of aromatic nitrogens is 2. The maximum absolute atomic E-state index is 4.70. The minimum Gasteiger partial charge on any atom is -0.344 e. The van der Waals surface area contributed by atoms with Crippen LogP contribution >= 0.6 is 0 Å². The average Bonchev–Trinajstić information content (AvgIpc) is 2.88. The van der Waals surface area contributed by atoms with Crippen molar-refractivity contribution in [2.75, 3.05) is 5.32 Å². The molecule has 0 spiro atoms. The lowest BCUT2D eigenvalue weighted by Crippen LogP contribution is -2.31. The predicted octanol–water partition coefficient (Wildman–Crippen LogP) is 4.91. The van der Waals surface area contributed by atoms with Gasteiger partial charge >= 0.3 is 0 Å². The van der Waals surface area contributed by atoms with Crippen molar-refractivity contribution in [1.29, 1.82) is 0 Å². The predicted molar refractivity (Wildman–Crippen MR) is 100 cm³/mol. The van der Waals surface area contributed by atoms with E-state index in [0.29, 0.717) is 0 Å². The van der Waals surface area contributed by atoms with Crippen LogP contribution in [0.5, 0.6) is 0 Å². The standard InChI is InChI=1S/C21H23N3/c1-5-21(18-12-8-10-16-9-6-7-11-17(16)18)13-14(2)22-20-19(21)15(3)23-24(20)4/h6-13,22H,5H2,1-4H3. The highest BCUT2D eigenvalue weighted by atomic mass is 15.3. The molecule has 0 fully saturated rings. The monoisotopic (exact) mass is 317 g/mol. The maximum Gasteiger partial charge on any atom is 0.132 e. The fraction of sp³-hybridized carbons (Fsp3) is 0.286. The minimum atomic E-state index is -0.149. The number of nitrogens with one attached hydrogen (secondary N) is 1. The molecule has 3 aromatic rings. The van der Waals surface area contributed by atoms with Crippen LogP contribution in [0.1, 0.15) is 37.1 Å². The molecule has 0 aliphatic carbocycles. The molecule has 0 radical (unpaired) electrons. The van der Waals surface area contributed by atoms with Gasteiger partial charge in [0.2, 0.25) is 0 Å². The lowest BCUT2D eigenvalue weighted by molar-refractivity contribution is 0.609. The third-order valence-corrected chi connectivity index (χ3v) is 5.27. The van der Waals surface area contributed by atoms with Gasteiger partial charge in [-0.3, -0.25) is 4.68 Å². The van der Waals surface area contributed by atoms with Crippen LogP contribution in [-0.4, -0.2) is 9.78 Å². The van der Waals surface area contributed by atoms with Crippen LogP contribution < -0.4 is 5.32 Å². The summed E-state index contributed by atoms with van der Waals surface area (Å²) in [5, 5.41) is 10.8. The Kier molecular flexibility index (Phi) is 3.27. The van der Waals surface area contributed by atoms with Crippen LogP contribution in [0, 0.1) is 6.92 Å². The third-order valence-electron chi connectivity index (χ3n) is 5.27. The van der Waals surface area contributed by atoms with Crippen LogP contribution in [0.15, 0.2) is 54.2 Å². The Labute approximate surface area is 143 Å². The first-order valence-corrected chi connectivity index (χ1v) is 8.55. The Morgan fingerprint density at radius 2 is 1.83 bits per heavy atom.